The predicted octanol–water partition coefficient (Wildman–Crippen LogP) is 0.207. The van der Waals surface area contributed by atoms with Crippen LogP contribution in [-0.4, -0.2) is 36.7 Å². The lowest BCUT2D eigenvalue weighted by Crippen LogP contribution is -2.38. The van der Waals surface area contributed by atoms with Gasteiger partial charge < -0.3 is 11.5 Å². The van der Waals surface area contributed by atoms with Gasteiger partial charge in [-0.05, 0) is 25.5 Å². The van der Waals surface area contributed by atoms with E-state index in [0.717, 1.165) is 0 Å². The van der Waals surface area contributed by atoms with E-state index in [1.165, 1.54) is 16.4 Å². The molecular formula is C13H17N3O3S2. The molecule has 8 heteroatoms. The van der Waals surface area contributed by atoms with Crippen LogP contribution in [0, 0.1) is 5.41 Å². The quantitative estimate of drug-likeness (QED) is 0.769. The van der Waals surface area contributed by atoms with Gasteiger partial charge in [-0.2, -0.15) is 4.31 Å². The summed E-state index contributed by atoms with van der Waals surface area (Å²) in [6.45, 7) is 2.06. The van der Waals surface area contributed by atoms with Crippen LogP contribution in [-0.2, 0) is 14.8 Å². The Labute approximate surface area is 129 Å². The number of primary amides is 1. The molecule has 114 valence electrons. The Hall–Kier alpha value is -1.51. The summed E-state index contributed by atoms with van der Waals surface area (Å²) < 4.78 is 26.4. The van der Waals surface area contributed by atoms with E-state index in [0.29, 0.717) is 12.0 Å². The Morgan fingerprint density at radius 1 is 1.29 bits per heavy atom. The van der Waals surface area contributed by atoms with Crippen LogP contribution in [0.4, 0.5) is 0 Å². The van der Waals surface area contributed by atoms with E-state index in [1.54, 1.807) is 19.1 Å². The van der Waals surface area contributed by atoms with E-state index < -0.39 is 21.3 Å². The summed E-state index contributed by atoms with van der Waals surface area (Å²) in [6.07, 6.45) is 0.423. The third kappa shape index (κ3) is 2.92. The van der Waals surface area contributed by atoms with Gasteiger partial charge in [0.15, 0.2) is 0 Å². The lowest BCUT2D eigenvalue weighted by Gasteiger charge is -2.21. The molecule has 1 aliphatic rings. The summed E-state index contributed by atoms with van der Waals surface area (Å²) in [5, 5.41) is 0. The fourth-order valence-electron chi connectivity index (χ4n) is 2.27. The molecule has 1 saturated heterocycles. The summed E-state index contributed by atoms with van der Waals surface area (Å²) in [5.41, 5.74) is 10.6. The van der Waals surface area contributed by atoms with Gasteiger partial charge >= 0.3 is 0 Å². The van der Waals surface area contributed by atoms with E-state index in [9.17, 15) is 13.2 Å². The molecule has 0 aromatic heterocycles. The van der Waals surface area contributed by atoms with Gasteiger partial charge in [0.2, 0.25) is 15.9 Å². The molecule has 1 unspecified atom stereocenters. The van der Waals surface area contributed by atoms with Crippen molar-refractivity contribution in [2.24, 2.45) is 16.9 Å². The van der Waals surface area contributed by atoms with Crippen LogP contribution >= 0.6 is 12.2 Å². The average molecular weight is 327 g/mol. The Kier molecular flexibility index (Phi) is 4.05. The number of hydrogen-bond donors (Lipinski definition) is 2. The van der Waals surface area contributed by atoms with Crippen LogP contribution in [0.3, 0.4) is 0 Å². The molecule has 1 aromatic rings. The van der Waals surface area contributed by atoms with Crippen molar-refractivity contribution < 1.29 is 13.2 Å². The summed E-state index contributed by atoms with van der Waals surface area (Å²) in [6, 6.07) is 6.06. The normalized spacial score (nSPS) is 23.1. The van der Waals surface area contributed by atoms with Crippen LogP contribution in [0.25, 0.3) is 0 Å². The Balaban J connectivity index is 2.27. The first-order valence-corrected chi connectivity index (χ1v) is 8.21. The van der Waals surface area contributed by atoms with Crippen molar-refractivity contribution in [1.82, 2.24) is 4.31 Å². The molecule has 1 aliphatic heterocycles. The molecule has 0 bridgehead atoms. The van der Waals surface area contributed by atoms with Crippen LogP contribution in [0.1, 0.15) is 18.9 Å². The van der Waals surface area contributed by atoms with E-state index in [1.807, 2.05) is 0 Å². The fraction of sp³-hybridized carbons (Fsp3) is 0.385. The van der Waals surface area contributed by atoms with Gasteiger partial charge in [-0.3, -0.25) is 4.79 Å². The van der Waals surface area contributed by atoms with Crippen LogP contribution in [0.5, 0.6) is 0 Å². The molecule has 1 heterocycles. The molecule has 1 atom stereocenters. The van der Waals surface area contributed by atoms with E-state index in [4.69, 9.17) is 23.7 Å². The largest absolute Gasteiger partial charge is 0.389 e. The van der Waals surface area contributed by atoms with Crippen molar-refractivity contribution in [3.63, 3.8) is 0 Å². The zero-order valence-electron chi connectivity index (χ0n) is 11.6. The molecule has 2 rings (SSSR count). The van der Waals surface area contributed by atoms with Crippen LogP contribution < -0.4 is 11.5 Å². The first-order valence-electron chi connectivity index (χ1n) is 6.37. The van der Waals surface area contributed by atoms with Gasteiger partial charge in [0.1, 0.15) is 4.99 Å². The van der Waals surface area contributed by atoms with Gasteiger partial charge in [-0.1, -0.05) is 24.4 Å². The molecule has 21 heavy (non-hydrogen) atoms. The van der Waals surface area contributed by atoms with Gasteiger partial charge in [0.25, 0.3) is 0 Å². The first-order chi connectivity index (χ1) is 9.67. The second-order valence-electron chi connectivity index (χ2n) is 5.40. The lowest BCUT2D eigenvalue weighted by molar-refractivity contribution is -0.126. The number of carbonyl (C=O) groups is 1. The Morgan fingerprint density at radius 2 is 1.86 bits per heavy atom. The topological polar surface area (TPSA) is 106 Å². The Morgan fingerprint density at radius 3 is 2.29 bits per heavy atom. The van der Waals surface area contributed by atoms with E-state index >= 15 is 0 Å². The van der Waals surface area contributed by atoms with Crippen molar-refractivity contribution in [3.05, 3.63) is 29.8 Å². The minimum Gasteiger partial charge on any atom is -0.389 e. The predicted molar refractivity (Wildman–Crippen MR) is 83.0 cm³/mol. The molecule has 1 fully saturated rings. The summed E-state index contributed by atoms with van der Waals surface area (Å²) >= 11 is 4.83. The maximum Gasteiger partial charge on any atom is 0.243 e. The second kappa shape index (κ2) is 5.36. The minimum absolute atomic E-state index is 0.0989. The number of carbonyl (C=O) groups excluding carboxylic acids is 1. The van der Waals surface area contributed by atoms with Gasteiger partial charge in [-0.25, -0.2) is 8.42 Å². The smallest absolute Gasteiger partial charge is 0.243 e. The number of amides is 1. The SMILES string of the molecule is CC1(C(N)=O)CCN(S(=O)(=O)c2ccc(C(N)=S)cc2)C1. The number of hydrogen-bond acceptors (Lipinski definition) is 4. The molecule has 0 spiro atoms. The van der Waals surface area contributed by atoms with Crippen molar-refractivity contribution >= 4 is 33.1 Å². The molecule has 1 amide bonds. The highest BCUT2D eigenvalue weighted by atomic mass is 32.2. The number of sulfonamides is 1. The van der Waals surface area contributed by atoms with E-state index in [2.05, 4.69) is 0 Å². The number of thiocarbonyl (C=S) groups is 1. The summed E-state index contributed by atoms with van der Waals surface area (Å²) in [4.78, 5) is 11.8. The summed E-state index contributed by atoms with van der Waals surface area (Å²) in [5.74, 6) is -0.482. The fourth-order valence-corrected chi connectivity index (χ4v) is 3.97. The Bertz CT molecular complexity index is 685. The van der Waals surface area contributed by atoms with Crippen molar-refractivity contribution in [3.8, 4) is 0 Å². The highest BCUT2D eigenvalue weighted by Gasteiger charge is 2.43. The van der Waals surface area contributed by atoms with Crippen molar-refractivity contribution in [1.29, 1.82) is 0 Å². The average Bonchev–Trinajstić information content (AvgIpc) is 2.84. The maximum absolute atomic E-state index is 12.5. The zero-order chi connectivity index (χ0) is 15.8. The molecule has 4 N–H and O–H groups in total. The lowest BCUT2D eigenvalue weighted by atomic mass is 9.89. The number of benzene rings is 1. The minimum atomic E-state index is -3.64. The summed E-state index contributed by atoms with van der Waals surface area (Å²) in [7, 11) is -3.64. The highest BCUT2D eigenvalue weighted by molar-refractivity contribution is 7.89. The third-order valence-corrected chi connectivity index (χ3v) is 5.90. The standard InChI is InChI=1S/C13H17N3O3S2/c1-13(12(15)17)6-7-16(8-13)21(18,19)10-4-2-9(3-5-10)11(14)20/h2-5H,6-8H2,1H3,(H2,14,20)(H2,15,17). The molecule has 0 saturated carbocycles. The highest BCUT2D eigenvalue weighted by Crippen LogP contribution is 2.33. The second-order valence-corrected chi connectivity index (χ2v) is 7.78. The van der Waals surface area contributed by atoms with Gasteiger partial charge in [0, 0.05) is 18.7 Å². The molecule has 6 nitrogen and oxygen atoms in total. The van der Waals surface area contributed by atoms with Crippen molar-refractivity contribution in [2.45, 2.75) is 18.2 Å². The monoisotopic (exact) mass is 327 g/mol. The molecular weight excluding hydrogens is 310 g/mol. The van der Waals surface area contributed by atoms with Crippen molar-refractivity contribution in [2.75, 3.05) is 13.1 Å². The van der Waals surface area contributed by atoms with Gasteiger partial charge in [-0.15, -0.1) is 0 Å². The zero-order valence-corrected chi connectivity index (χ0v) is 13.2. The van der Waals surface area contributed by atoms with E-state index in [-0.39, 0.29) is 23.0 Å². The van der Waals surface area contributed by atoms with Crippen LogP contribution in [0.15, 0.2) is 29.2 Å². The number of nitrogens with zero attached hydrogens (tertiary/aromatic N) is 1. The molecule has 0 radical (unpaired) electrons. The molecule has 0 aliphatic carbocycles. The number of nitrogens with two attached hydrogens (primary N) is 2. The molecule has 1 aromatic carbocycles. The van der Waals surface area contributed by atoms with Gasteiger partial charge in [0.05, 0.1) is 10.3 Å². The number of rotatable bonds is 4. The van der Waals surface area contributed by atoms with Crippen LogP contribution in [0.2, 0.25) is 0 Å². The maximum atomic E-state index is 12.5. The third-order valence-electron chi connectivity index (χ3n) is 3.81. The first kappa shape index (κ1) is 15.9.